The predicted octanol–water partition coefficient (Wildman–Crippen LogP) is 2.28. The molecule has 20 heavy (non-hydrogen) atoms. The lowest BCUT2D eigenvalue weighted by Crippen LogP contribution is -2.16. The lowest BCUT2D eigenvalue weighted by molar-refractivity contribution is 1.21. The highest BCUT2D eigenvalue weighted by Crippen LogP contribution is 2.32. The monoisotopic (exact) mass is 376 g/mol. The summed E-state index contributed by atoms with van der Waals surface area (Å²) in [5.74, 6) is -0.0234. The van der Waals surface area contributed by atoms with Gasteiger partial charge in [0.2, 0.25) is 0 Å². The standard InChI is InChI=1S/C14H9IN4O/c1-7-8(3-2-4-11(7)15)12-9(5-16)13(18)19-14(20)10(12)6-17/h2-4H,1H3,(H3,18,19,20). The number of nitrogen functional groups attached to an aromatic ring is 1. The number of anilines is 1. The normalized spacial score (nSPS) is 9.80. The summed E-state index contributed by atoms with van der Waals surface area (Å²) in [6, 6.07) is 9.31. The number of halogens is 1. The first kappa shape index (κ1) is 14.1. The van der Waals surface area contributed by atoms with Crippen LogP contribution >= 0.6 is 22.6 Å². The highest BCUT2D eigenvalue weighted by molar-refractivity contribution is 14.1. The van der Waals surface area contributed by atoms with Crippen LogP contribution in [0.2, 0.25) is 0 Å². The number of rotatable bonds is 1. The minimum Gasteiger partial charge on any atom is -0.384 e. The van der Waals surface area contributed by atoms with E-state index in [1.165, 1.54) is 0 Å². The molecule has 0 saturated heterocycles. The summed E-state index contributed by atoms with van der Waals surface area (Å²) >= 11 is 2.16. The second-order valence-corrected chi connectivity index (χ2v) is 5.29. The molecule has 2 aromatic rings. The topological polar surface area (TPSA) is 106 Å². The van der Waals surface area contributed by atoms with E-state index in [0.29, 0.717) is 11.1 Å². The summed E-state index contributed by atoms with van der Waals surface area (Å²) < 4.78 is 0.978. The first-order chi connectivity index (χ1) is 9.51. The molecule has 0 saturated carbocycles. The van der Waals surface area contributed by atoms with Crippen molar-refractivity contribution in [2.75, 3.05) is 5.73 Å². The van der Waals surface area contributed by atoms with Crippen LogP contribution in [0, 0.1) is 33.2 Å². The zero-order valence-corrected chi connectivity index (χ0v) is 12.6. The highest BCUT2D eigenvalue weighted by atomic mass is 127. The number of nitrogens with one attached hydrogen (secondary N) is 1. The van der Waals surface area contributed by atoms with E-state index in [2.05, 4.69) is 27.6 Å². The molecule has 1 heterocycles. The number of benzene rings is 1. The van der Waals surface area contributed by atoms with E-state index in [1.54, 1.807) is 6.07 Å². The molecule has 2 rings (SSSR count). The minimum absolute atomic E-state index is 0.0234. The number of nitrogens with zero attached hydrogens (tertiary/aromatic N) is 2. The Morgan fingerprint density at radius 2 is 1.90 bits per heavy atom. The minimum atomic E-state index is -0.586. The molecular weight excluding hydrogens is 367 g/mol. The molecule has 0 unspecified atom stereocenters. The molecule has 0 radical (unpaired) electrons. The summed E-state index contributed by atoms with van der Waals surface area (Å²) in [6.07, 6.45) is 0. The van der Waals surface area contributed by atoms with Gasteiger partial charge in [0.25, 0.3) is 5.56 Å². The van der Waals surface area contributed by atoms with Crippen LogP contribution in [0.15, 0.2) is 23.0 Å². The van der Waals surface area contributed by atoms with E-state index >= 15 is 0 Å². The Balaban J connectivity index is 3.01. The Kier molecular flexibility index (Phi) is 3.77. The van der Waals surface area contributed by atoms with Crippen molar-refractivity contribution in [3.63, 3.8) is 0 Å². The summed E-state index contributed by atoms with van der Waals surface area (Å²) in [5, 5.41) is 18.5. The zero-order valence-electron chi connectivity index (χ0n) is 10.5. The summed E-state index contributed by atoms with van der Waals surface area (Å²) in [5.41, 5.74) is 6.99. The van der Waals surface area contributed by atoms with Crippen LogP contribution in [0.5, 0.6) is 0 Å². The number of nitrogens with two attached hydrogens (primary N) is 1. The second kappa shape index (κ2) is 5.35. The number of aromatic amines is 1. The number of H-pyrrole nitrogens is 1. The molecule has 6 heteroatoms. The Hall–Kier alpha value is -2.32. The van der Waals surface area contributed by atoms with Crippen LogP contribution in [-0.4, -0.2) is 4.98 Å². The molecule has 0 atom stereocenters. The first-order valence-electron chi connectivity index (χ1n) is 5.62. The van der Waals surface area contributed by atoms with Gasteiger partial charge in [0, 0.05) is 9.13 Å². The quantitative estimate of drug-likeness (QED) is 0.745. The van der Waals surface area contributed by atoms with E-state index < -0.39 is 5.56 Å². The van der Waals surface area contributed by atoms with Crippen LogP contribution in [0.4, 0.5) is 5.82 Å². The average Bonchev–Trinajstić information content (AvgIpc) is 2.41. The lowest BCUT2D eigenvalue weighted by atomic mass is 9.93. The SMILES string of the molecule is Cc1c(I)cccc1-c1c(C#N)c(N)[nH]c(=O)c1C#N. The summed E-state index contributed by atoms with van der Waals surface area (Å²) in [6.45, 7) is 1.87. The maximum Gasteiger partial charge on any atom is 0.268 e. The van der Waals surface area contributed by atoms with E-state index in [4.69, 9.17) is 5.73 Å². The number of aromatic nitrogens is 1. The first-order valence-corrected chi connectivity index (χ1v) is 6.70. The van der Waals surface area contributed by atoms with Gasteiger partial charge in [-0.05, 0) is 46.7 Å². The van der Waals surface area contributed by atoms with Gasteiger partial charge in [-0.2, -0.15) is 10.5 Å². The molecular formula is C14H9IN4O. The fourth-order valence-corrected chi connectivity index (χ4v) is 2.49. The fourth-order valence-electron chi connectivity index (χ4n) is 1.99. The molecule has 3 N–H and O–H groups in total. The summed E-state index contributed by atoms with van der Waals surface area (Å²) in [4.78, 5) is 14.2. The Morgan fingerprint density at radius 1 is 1.25 bits per heavy atom. The molecule has 0 aliphatic heterocycles. The largest absolute Gasteiger partial charge is 0.384 e. The van der Waals surface area contributed by atoms with Crippen LogP contribution in [0.1, 0.15) is 16.7 Å². The molecule has 98 valence electrons. The van der Waals surface area contributed by atoms with Gasteiger partial charge in [-0.25, -0.2) is 0 Å². The third-order valence-corrected chi connectivity index (χ3v) is 4.17. The third-order valence-electron chi connectivity index (χ3n) is 3.01. The van der Waals surface area contributed by atoms with E-state index in [-0.39, 0.29) is 16.9 Å². The number of hydrogen-bond donors (Lipinski definition) is 2. The Bertz CT molecular complexity index is 840. The average molecular weight is 376 g/mol. The van der Waals surface area contributed by atoms with Crippen molar-refractivity contribution < 1.29 is 0 Å². The van der Waals surface area contributed by atoms with Gasteiger partial charge in [0.1, 0.15) is 29.1 Å². The molecule has 0 spiro atoms. The third kappa shape index (κ3) is 2.15. The predicted molar refractivity (Wildman–Crippen MR) is 83.8 cm³/mol. The Labute approximate surface area is 128 Å². The van der Waals surface area contributed by atoms with Gasteiger partial charge in [-0.3, -0.25) is 4.79 Å². The zero-order chi connectivity index (χ0) is 14.9. The van der Waals surface area contributed by atoms with Gasteiger partial charge < -0.3 is 10.7 Å². The summed E-state index contributed by atoms with van der Waals surface area (Å²) in [7, 11) is 0. The van der Waals surface area contributed by atoms with Gasteiger partial charge in [-0.1, -0.05) is 12.1 Å². The van der Waals surface area contributed by atoms with Crippen molar-refractivity contribution in [3.05, 3.63) is 48.8 Å². The molecule has 0 fully saturated rings. The van der Waals surface area contributed by atoms with Gasteiger partial charge in [0.05, 0.1) is 0 Å². The van der Waals surface area contributed by atoms with E-state index in [1.807, 2.05) is 31.2 Å². The number of nitriles is 2. The van der Waals surface area contributed by atoms with Gasteiger partial charge >= 0.3 is 0 Å². The molecule has 0 aliphatic rings. The molecule has 1 aromatic carbocycles. The van der Waals surface area contributed by atoms with Crippen molar-refractivity contribution in [1.29, 1.82) is 10.5 Å². The highest BCUT2D eigenvalue weighted by Gasteiger charge is 2.19. The fraction of sp³-hybridized carbons (Fsp3) is 0.0714. The maximum atomic E-state index is 11.9. The van der Waals surface area contributed by atoms with Crippen molar-refractivity contribution in [3.8, 4) is 23.3 Å². The van der Waals surface area contributed by atoms with Crippen molar-refractivity contribution in [2.24, 2.45) is 0 Å². The maximum absolute atomic E-state index is 11.9. The van der Waals surface area contributed by atoms with Crippen molar-refractivity contribution in [2.45, 2.75) is 6.92 Å². The van der Waals surface area contributed by atoms with Crippen LogP contribution in [-0.2, 0) is 0 Å². The Morgan fingerprint density at radius 3 is 2.50 bits per heavy atom. The molecule has 0 bridgehead atoms. The lowest BCUT2D eigenvalue weighted by Gasteiger charge is -2.12. The van der Waals surface area contributed by atoms with Crippen molar-refractivity contribution in [1.82, 2.24) is 4.98 Å². The number of hydrogen-bond acceptors (Lipinski definition) is 4. The van der Waals surface area contributed by atoms with Gasteiger partial charge in [-0.15, -0.1) is 0 Å². The molecule has 1 aromatic heterocycles. The van der Waals surface area contributed by atoms with Crippen LogP contribution < -0.4 is 11.3 Å². The smallest absolute Gasteiger partial charge is 0.268 e. The van der Waals surface area contributed by atoms with Crippen LogP contribution in [0.25, 0.3) is 11.1 Å². The second-order valence-electron chi connectivity index (χ2n) is 4.13. The molecule has 0 aliphatic carbocycles. The molecule has 0 amide bonds. The van der Waals surface area contributed by atoms with E-state index in [9.17, 15) is 15.3 Å². The molecule has 5 nitrogen and oxygen atoms in total. The van der Waals surface area contributed by atoms with Gasteiger partial charge in [0.15, 0.2) is 0 Å². The van der Waals surface area contributed by atoms with Crippen LogP contribution in [0.3, 0.4) is 0 Å². The number of pyridine rings is 1. The van der Waals surface area contributed by atoms with Crippen molar-refractivity contribution >= 4 is 28.4 Å². The van der Waals surface area contributed by atoms with E-state index in [0.717, 1.165) is 9.13 Å².